The topological polar surface area (TPSA) is 56.1 Å². The molecular formula is C18H16ClN3O. The molecule has 0 saturated heterocycles. The summed E-state index contributed by atoms with van der Waals surface area (Å²) in [5.41, 5.74) is 4.70. The Morgan fingerprint density at radius 3 is 2.91 bits per heavy atom. The fourth-order valence-electron chi connectivity index (χ4n) is 3.00. The molecule has 0 aromatic heterocycles. The Labute approximate surface area is 140 Å². The maximum absolute atomic E-state index is 11.3. The Bertz CT molecular complexity index is 810. The zero-order valence-electron chi connectivity index (χ0n) is 12.8. The van der Waals surface area contributed by atoms with Crippen molar-refractivity contribution in [1.82, 2.24) is 0 Å². The highest BCUT2D eigenvalue weighted by Gasteiger charge is 2.21. The van der Waals surface area contributed by atoms with Crippen LogP contribution in [-0.2, 0) is 17.8 Å². The number of carbonyl (C=O) groups is 1. The van der Waals surface area contributed by atoms with Gasteiger partial charge in [-0.1, -0.05) is 23.7 Å². The van der Waals surface area contributed by atoms with Gasteiger partial charge in [-0.05, 0) is 41.8 Å². The van der Waals surface area contributed by atoms with Crippen molar-refractivity contribution in [1.29, 1.82) is 5.26 Å². The van der Waals surface area contributed by atoms with E-state index in [1.807, 2.05) is 18.2 Å². The lowest BCUT2D eigenvalue weighted by Gasteiger charge is -2.32. The molecule has 1 N–H and O–H groups in total. The minimum atomic E-state index is -0.0645. The second-order valence-corrected chi connectivity index (χ2v) is 6.01. The van der Waals surface area contributed by atoms with Crippen molar-refractivity contribution in [2.24, 2.45) is 0 Å². The van der Waals surface area contributed by atoms with E-state index in [0.717, 1.165) is 24.3 Å². The molecule has 116 valence electrons. The molecule has 5 heteroatoms. The Morgan fingerprint density at radius 2 is 2.17 bits per heavy atom. The molecule has 1 aliphatic heterocycles. The lowest BCUT2D eigenvalue weighted by atomic mass is 9.96. The molecular weight excluding hydrogens is 310 g/mol. The third kappa shape index (κ3) is 3.15. The summed E-state index contributed by atoms with van der Waals surface area (Å²) in [6, 6.07) is 13.5. The lowest BCUT2D eigenvalue weighted by Crippen LogP contribution is -2.31. The van der Waals surface area contributed by atoms with E-state index in [2.05, 4.69) is 22.4 Å². The fourth-order valence-corrected chi connectivity index (χ4v) is 3.17. The number of hydrogen-bond donors (Lipinski definition) is 1. The molecule has 0 saturated carbocycles. The van der Waals surface area contributed by atoms with Crippen molar-refractivity contribution in [2.75, 3.05) is 16.8 Å². The number of carbonyl (C=O) groups excluding carboxylic acids is 1. The monoisotopic (exact) mass is 325 g/mol. The highest BCUT2D eigenvalue weighted by molar-refractivity contribution is 6.30. The van der Waals surface area contributed by atoms with Gasteiger partial charge in [0.05, 0.1) is 11.3 Å². The zero-order valence-corrected chi connectivity index (χ0v) is 13.5. The summed E-state index contributed by atoms with van der Waals surface area (Å²) >= 11 is 5.97. The van der Waals surface area contributed by atoms with Gasteiger partial charge < -0.3 is 10.2 Å². The normalized spacial score (nSPS) is 13.2. The molecule has 2 aromatic carbocycles. The Hall–Kier alpha value is -2.51. The second-order valence-electron chi connectivity index (χ2n) is 5.57. The summed E-state index contributed by atoms with van der Waals surface area (Å²) in [7, 11) is 0. The van der Waals surface area contributed by atoms with E-state index in [1.54, 1.807) is 12.1 Å². The maximum Gasteiger partial charge on any atom is 0.221 e. The molecule has 0 aliphatic carbocycles. The predicted molar refractivity (Wildman–Crippen MR) is 91.7 cm³/mol. The van der Waals surface area contributed by atoms with E-state index in [1.165, 1.54) is 18.1 Å². The van der Waals surface area contributed by atoms with Gasteiger partial charge in [0.25, 0.3) is 0 Å². The van der Waals surface area contributed by atoms with Gasteiger partial charge in [0.1, 0.15) is 6.07 Å². The number of nitriles is 1. The number of amides is 1. The molecule has 0 fully saturated rings. The van der Waals surface area contributed by atoms with Gasteiger partial charge in [0, 0.05) is 30.7 Å². The van der Waals surface area contributed by atoms with Crippen LogP contribution in [0.3, 0.4) is 0 Å². The van der Waals surface area contributed by atoms with E-state index in [9.17, 15) is 10.1 Å². The minimum Gasteiger partial charge on any atom is -0.366 e. The quantitative estimate of drug-likeness (QED) is 0.915. The number of hydrogen-bond acceptors (Lipinski definition) is 3. The molecule has 0 atom stereocenters. The molecule has 0 spiro atoms. The van der Waals surface area contributed by atoms with Crippen molar-refractivity contribution in [3.63, 3.8) is 0 Å². The molecule has 23 heavy (non-hydrogen) atoms. The highest BCUT2D eigenvalue weighted by Crippen LogP contribution is 2.31. The van der Waals surface area contributed by atoms with Crippen LogP contribution in [0, 0.1) is 11.3 Å². The van der Waals surface area contributed by atoms with Gasteiger partial charge in [0.2, 0.25) is 5.91 Å². The number of benzene rings is 2. The second kappa shape index (κ2) is 6.31. The number of halogens is 1. The van der Waals surface area contributed by atoms with E-state index in [0.29, 0.717) is 17.1 Å². The molecule has 1 aliphatic rings. The van der Waals surface area contributed by atoms with Crippen molar-refractivity contribution in [2.45, 2.75) is 19.9 Å². The van der Waals surface area contributed by atoms with Gasteiger partial charge >= 0.3 is 0 Å². The molecule has 0 unspecified atom stereocenters. The Balaban J connectivity index is 1.92. The van der Waals surface area contributed by atoms with Crippen molar-refractivity contribution < 1.29 is 4.79 Å². The van der Waals surface area contributed by atoms with Crippen LogP contribution in [0.25, 0.3) is 0 Å². The summed E-state index contributed by atoms with van der Waals surface area (Å²) in [5, 5.41) is 12.8. The Kier molecular flexibility index (Phi) is 4.22. The van der Waals surface area contributed by atoms with Gasteiger partial charge in [0.15, 0.2) is 0 Å². The fraction of sp³-hybridized carbons (Fsp3) is 0.222. The van der Waals surface area contributed by atoms with Crippen LogP contribution in [0.5, 0.6) is 0 Å². The first-order chi connectivity index (χ1) is 11.1. The molecule has 4 nitrogen and oxygen atoms in total. The summed E-state index contributed by atoms with van der Waals surface area (Å²) in [5.74, 6) is -0.0645. The van der Waals surface area contributed by atoms with Crippen molar-refractivity contribution in [3.05, 3.63) is 58.1 Å². The molecule has 3 rings (SSSR count). The largest absolute Gasteiger partial charge is 0.366 e. The van der Waals surface area contributed by atoms with Crippen LogP contribution in [0.1, 0.15) is 23.6 Å². The zero-order chi connectivity index (χ0) is 16.4. The van der Waals surface area contributed by atoms with E-state index in [4.69, 9.17) is 11.6 Å². The number of nitrogens with zero attached hydrogens (tertiary/aromatic N) is 2. The van der Waals surface area contributed by atoms with Crippen LogP contribution < -0.4 is 10.2 Å². The van der Waals surface area contributed by atoms with Gasteiger partial charge in [-0.25, -0.2) is 0 Å². The third-order valence-corrected chi connectivity index (χ3v) is 4.23. The molecule has 2 aromatic rings. The number of anilines is 2. The lowest BCUT2D eigenvalue weighted by molar-refractivity contribution is -0.114. The number of rotatable bonds is 2. The average Bonchev–Trinajstić information content (AvgIpc) is 2.54. The van der Waals surface area contributed by atoms with E-state index < -0.39 is 0 Å². The van der Waals surface area contributed by atoms with Crippen molar-refractivity contribution >= 4 is 28.9 Å². The standard InChI is InChI=1S/C18H16ClN3O/c1-12(23)21-17-4-2-3-13-11-22(8-7-16(13)17)18-6-5-15(19)9-14(18)10-20/h2-6,9H,7-8,11H2,1H3,(H,21,23). The van der Waals surface area contributed by atoms with Crippen LogP contribution in [0.2, 0.25) is 5.02 Å². The first-order valence-corrected chi connectivity index (χ1v) is 7.79. The first kappa shape index (κ1) is 15.4. The third-order valence-electron chi connectivity index (χ3n) is 4.00. The summed E-state index contributed by atoms with van der Waals surface area (Å²) in [4.78, 5) is 13.5. The average molecular weight is 326 g/mol. The number of nitrogens with one attached hydrogen (secondary N) is 1. The van der Waals surface area contributed by atoms with E-state index >= 15 is 0 Å². The first-order valence-electron chi connectivity index (χ1n) is 7.41. The highest BCUT2D eigenvalue weighted by atomic mass is 35.5. The van der Waals surface area contributed by atoms with Crippen LogP contribution in [0.15, 0.2) is 36.4 Å². The molecule has 1 amide bonds. The minimum absolute atomic E-state index is 0.0645. The van der Waals surface area contributed by atoms with Crippen LogP contribution >= 0.6 is 11.6 Å². The van der Waals surface area contributed by atoms with Gasteiger partial charge in [-0.15, -0.1) is 0 Å². The smallest absolute Gasteiger partial charge is 0.221 e. The predicted octanol–water partition coefficient (Wildman–Crippen LogP) is 3.73. The molecule has 0 bridgehead atoms. The molecule has 1 heterocycles. The summed E-state index contributed by atoms with van der Waals surface area (Å²) in [6.07, 6.45) is 0.819. The van der Waals surface area contributed by atoms with Crippen LogP contribution in [0.4, 0.5) is 11.4 Å². The van der Waals surface area contributed by atoms with Crippen LogP contribution in [-0.4, -0.2) is 12.5 Å². The van der Waals surface area contributed by atoms with Gasteiger partial charge in [-0.3, -0.25) is 4.79 Å². The summed E-state index contributed by atoms with van der Waals surface area (Å²) in [6.45, 7) is 3.01. The number of fused-ring (bicyclic) bond motifs is 1. The molecule has 0 radical (unpaired) electrons. The van der Waals surface area contributed by atoms with Crippen molar-refractivity contribution in [3.8, 4) is 6.07 Å². The SMILES string of the molecule is CC(=O)Nc1cccc2c1CCN(c1ccc(Cl)cc1C#N)C2. The van der Waals surface area contributed by atoms with Gasteiger partial charge in [-0.2, -0.15) is 5.26 Å². The maximum atomic E-state index is 11.3. The summed E-state index contributed by atoms with van der Waals surface area (Å²) < 4.78 is 0. The Morgan fingerprint density at radius 1 is 1.35 bits per heavy atom. The van der Waals surface area contributed by atoms with E-state index in [-0.39, 0.29) is 5.91 Å².